The maximum absolute atomic E-state index is 10.6. The first-order valence-corrected chi connectivity index (χ1v) is 6.48. The Hall–Kier alpha value is -1.31. The van der Waals surface area contributed by atoms with Crippen LogP contribution in [0, 0.1) is 5.92 Å². The van der Waals surface area contributed by atoms with E-state index in [1.807, 2.05) is 12.1 Å². The van der Waals surface area contributed by atoms with Gasteiger partial charge in [-0.2, -0.15) is 0 Å². The lowest BCUT2D eigenvalue weighted by atomic mass is 9.99. The number of carbonyl (C=O) groups is 1. The lowest BCUT2D eigenvalue weighted by Gasteiger charge is -2.16. The van der Waals surface area contributed by atoms with Crippen LogP contribution in [0.1, 0.15) is 49.9 Å². The Bertz CT molecular complexity index is 327. The Morgan fingerprint density at radius 2 is 1.94 bits per heavy atom. The standard InChI is InChI=1S/C15H22O2/c1-3-6-13(7-4-2)12-17-15-9-5-8-14(10-15)11-16/h5,8-11,13H,3-4,6-7,12H2,1-2H3. The molecule has 0 atom stereocenters. The molecule has 0 aliphatic rings. The highest BCUT2D eigenvalue weighted by Crippen LogP contribution is 2.17. The molecule has 0 amide bonds. The second-order valence-corrected chi connectivity index (χ2v) is 4.44. The summed E-state index contributed by atoms with van der Waals surface area (Å²) in [6.07, 6.45) is 5.66. The van der Waals surface area contributed by atoms with Crippen LogP contribution in [0.25, 0.3) is 0 Å². The molecule has 0 fully saturated rings. The lowest BCUT2D eigenvalue weighted by molar-refractivity contribution is 0.112. The van der Waals surface area contributed by atoms with Gasteiger partial charge in [0.15, 0.2) is 0 Å². The predicted molar refractivity (Wildman–Crippen MR) is 70.6 cm³/mol. The summed E-state index contributed by atoms with van der Waals surface area (Å²) in [6, 6.07) is 7.34. The van der Waals surface area contributed by atoms with E-state index < -0.39 is 0 Å². The molecule has 0 bridgehead atoms. The van der Waals surface area contributed by atoms with Crippen LogP contribution in [-0.2, 0) is 0 Å². The summed E-state index contributed by atoms with van der Waals surface area (Å²) in [6.45, 7) is 5.16. The number of aldehydes is 1. The minimum atomic E-state index is 0.630. The number of carbonyl (C=O) groups excluding carboxylic acids is 1. The van der Waals surface area contributed by atoms with Crippen molar-refractivity contribution in [2.24, 2.45) is 5.92 Å². The summed E-state index contributed by atoms with van der Waals surface area (Å²) in [5, 5.41) is 0. The largest absolute Gasteiger partial charge is 0.493 e. The van der Waals surface area contributed by atoms with Crippen LogP contribution in [0.4, 0.5) is 0 Å². The van der Waals surface area contributed by atoms with E-state index in [2.05, 4.69) is 13.8 Å². The van der Waals surface area contributed by atoms with Crippen molar-refractivity contribution < 1.29 is 9.53 Å². The van der Waals surface area contributed by atoms with Crippen LogP contribution >= 0.6 is 0 Å². The quantitative estimate of drug-likeness (QED) is 0.633. The van der Waals surface area contributed by atoms with Crippen molar-refractivity contribution in [2.75, 3.05) is 6.61 Å². The van der Waals surface area contributed by atoms with Crippen LogP contribution < -0.4 is 4.74 Å². The molecule has 1 aromatic carbocycles. The van der Waals surface area contributed by atoms with E-state index in [1.54, 1.807) is 12.1 Å². The van der Waals surface area contributed by atoms with Gasteiger partial charge in [0.05, 0.1) is 6.61 Å². The molecule has 2 heteroatoms. The van der Waals surface area contributed by atoms with Crippen molar-refractivity contribution in [3.05, 3.63) is 29.8 Å². The van der Waals surface area contributed by atoms with Gasteiger partial charge in [-0.05, 0) is 30.9 Å². The maximum Gasteiger partial charge on any atom is 0.150 e. The maximum atomic E-state index is 10.6. The first-order chi connectivity index (χ1) is 8.30. The molecular formula is C15H22O2. The van der Waals surface area contributed by atoms with Gasteiger partial charge in [0.25, 0.3) is 0 Å². The van der Waals surface area contributed by atoms with E-state index in [4.69, 9.17) is 4.74 Å². The van der Waals surface area contributed by atoms with E-state index >= 15 is 0 Å². The average Bonchev–Trinajstić information content (AvgIpc) is 2.37. The molecule has 0 aromatic heterocycles. The first-order valence-electron chi connectivity index (χ1n) is 6.48. The molecule has 0 saturated carbocycles. The Labute approximate surface area is 104 Å². The molecule has 17 heavy (non-hydrogen) atoms. The molecule has 0 radical (unpaired) electrons. The molecule has 1 rings (SSSR count). The van der Waals surface area contributed by atoms with Crippen molar-refractivity contribution in [1.29, 1.82) is 0 Å². The molecule has 0 saturated heterocycles. The summed E-state index contributed by atoms with van der Waals surface area (Å²) in [4.78, 5) is 10.6. The topological polar surface area (TPSA) is 26.3 Å². The Balaban J connectivity index is 2.49. The fourth-order valence-electron chi connectivity index (χ4n) is 2.02. The fraction of sp³-hybridized carbons (Fsp3) is 0.533. The summed E-state index contributed by atoms with van der Waals surface area (Å²) in [5.41, 5.74) is 0.671. The SMILES string of the molecule is CCCC(CCC)COc1cccc(C=O)c1. The van der Waals surface area contributed by atoms with Crippen molar-refractivity contribution in [2.45, 2.75) is 39.5 Å². The van der Waals surface area contributed by atoms with Gasteiger partial charge >= 0.3 is 0 Å². The van der Waals surface area contributed by atoms with Crippen LogP contribution in [0.3, 0.4) is 0 Å². The molecule has 94 valence electrons. The zero-order chi connectivity index (χ0) is 12.5. The number of hydrogen-bond donors (Lipinski definition) is 0. The molecule has 0 unspecified atom stereocenters. The molecule has 0 aliphatic heterocycles. The van der Waals surface area contributed by atoms with Crippen LogP contribution in [0.5, 0.6) is 5.75 Å². The summed E-state index contributed by atoms with van der Waals surface area (Å²) in [5.74, 6) is 1.43. The zero-order valence-corrected chi connectivity index (χ0v) is 10.8. The normalized spacial score (nSPS) is 10.5. The number of benzene rings is 1. The Morgan fingerprint density at radius 3 is 2.53 bits per heavy atom. The van der Waals surface area contributed by atoms with E-state index in [0.717, 1.165) is 18.6 Å². The molecular weight excluding hydrogens is 212 g/mol. The van der Waals surface area contributed by atoms with Gasteiger partial charge in [-0.15, -0.1) is 0 Å². The van der Waals surface area contributed by atoms with E-state index in [9.17, 15) is 4.79 Å². The summed E-state index contributed by atoms with van der Waals surface area (Å²) in [7, 11) is 0. The molecule has 0 heterocycles. The van der Waals surface area contributed by atoms with E-state index in [1.165, 1.54) is 25.7 Å². The minimum absolute atomic E-state index is 0.630. The van der Waals surface area contributed by atoms with Crippen molar-refractivity contribution >= 4 is 6.29 Å². The highest BCUT2D eigenvalue weighted by Gasteiger charge is 2.07. The third kappa shape index (κ3) is 5.03. The van der Waals surface area contributed by atoms with E-state index in [-0.39, 0.29) is 0 Å². The Morgan fingerprint density at radius 1 is 1.24 bits per heavy atom. The van der Waals surface area contributed by atoms with Gasteiger partial charge in [0.1, 0.15) is 12.0 Å². The first kappa shape index (κ1) is 13.8. The Kier molecular flexibility index (Phi) is 6.38. The molecule has 0 spiro atoms. The van der Waals surface area contributed by atoms with Gasteiger partial charge in [-0.25, -0.2) is 0 Å². The molecule has 0 N–H and O–H groups in total. The van der Waals surface area contributed by atoms with Crippen molar-refractivity contribution in [1.82, 2.24) is 0 Å². The molecule has 2 nitrogen and oxygen atoms in total. The van der Waals surface area contributed by atoms with Gasteiger partial charge in [-0.1, -0.05) is 38.8 Å². The fourth-order valence-corrected chi connectivity index (χ4v) is 2.02. The number of ether oxygens (including phenoxy) is 1. The second kappa shape index (κ2) is 7.88. The van der Waals surface area contributed by atoms with Crippen LogP contribution in [0.15, 0.2) is 24.3 Å². The average molecular weight is 234 g/mol. The monoisotopic (exact) mass is 234 g/mol. The van der Waals surface area contributed by atoms with Crippen LogP contribution in [0.2, 0.25) is 0 Å². The number of hydrogen-bond acceptors (Lipinski definition) is 2. The van der Waals surface area contributed by atoms with Gasteiger partial charge in [0.2, 0.25) is 0 Å². The van der Waals surface area contributed by atoms with Gasteiger partial charge in [0, 0.05) is 5.56 Å². The minimum Gasteiger partial charge on any atom is -0.493 e. The zero-order valence-electron chi connectivity index (χ0n) is 10.8. The summed E-state index contributed by atoms with van der Waals surface area (Å²) >= 11 is 0. The predicted octanol–water partition coefficient (Wildman–Crippen LogP) is 4.09. The van der Waals surface area contributed by atoms with Gasteiger partial charge < -0.3 is 4.74 Å². The van der Waals surface area contributed by atoms with Crippen molar-refractivity contribution in [3.63, 3.8) is 0 Å². The highest BCUT2D eigenvalue weighted by molar-refractivity contribution is 5.75. The van der Waals surface area contributed by atoms with Crippen LogP contribution in [-0.4, -0.2) is 12.9 Å². The number of rotatable bonds is 8. The highest BCUT2D eigenvalue weighted by atomic mass is 16.5. The van der Waals surface area contributed by atoms with Crippen molar-refractivity contribution in [3.8, 4) is 5.75 Å². The molecule has 0 aliphatic carbocycles. The third-order valence-electron chi connectivity index (χ3n) is 2.87. The lowest BCUT2D eigenvalue weighted by Crippen LogP contribution is -2.11. The second-order valence-electron chi connectivity index (χ2n) is 4.44. The summed E-state index contributed by atoms with van der Waals surface area (Å²) < 4.78 is 5.76. The van der Waals surface area contributed by atoms with Gasteiger partial charge in [-0.3, -0.25) is 4.79 Å². The van der Waals surface area contributed by atoms with E-state index in [0.29, 0.717) is 11.5 Å². The smallest absolute Gasteiger partial charge is 0.150 e. The third-order valence-corrected chi connectivity index (χ3v) is 2.87. The molecule has 1 aromatic rings.